The lowest BCUT2D eigenvalue weighted by Crippen LogP contribution is -2.38. The summed E-state index contributed by atoms with van der Waals surface area (Å²) in [4.78, 5) is 48.2. The van der Waals surface area contributed by atoms with E-state index in [1.807, 2.05) is 0 Å². The molecule has 1 saturated heterocycles. The van der Waals surface area contributed by atoms with Gasteiger partial charge in [0.15, 0.2) is 0 Å². The summed E-state index contributed by atoms with van der Waals surface area (Å²) in [6.45, 7) is -2.23. The molecule has 0 spiro atoms. The van der Waals surface area contributed by atoms with E-state index in [1.165, 1.54) is 42.5 Å². The van der Waals surface area contributed by atoms with E-state index in [0.717, 1.165) is 11.0 Å². The Morgan fingerprint density at radius 1 is 1.03 bits per heavy atom. The lowest BCUT2D eigenvalue weighted by molar-refractivity contribution is -0.385. The predicted molar refractivity (Wildman–Crippen MR) is 102 cm³/mol. The summed E-state index contributed by atoms with van der Waals surface area (Å²) in [5.74, 6) is -1.81. The first kappa shape index (κ1) is 21.9. The zero-order chi connectivity index (χ0) is 22.8. The normalized spacial score (nSPS) is 14.1. The summed E-state index contributed by atoms with van der Waals surface area (Å²) >= 11 is 0. The molecule has 0 radical (unpaired) electrons. The molecule has 0 bridgehead atoms. The van der Waals surface area contributed by atoms with Gasteiger partial charge >= 0.3 is 6.18 Å². The first-order valence-corrected chi connectivity index (χ1v) is 9.11. The Morgan fingerprint density at radius 3 is 2.16 bits per heavy atom. The summed E-state index contributed by atoms with van der Waals surface area (Å²) < 4.78 is 39.3. The fourth-order valence-corrected chi connectivity index (χ4v) is 3.24. The second-order valence-electron chi connectivity index (χ2n) is 6.83. The first-order chi connectivity index (χ1) is 14.6. The van der Waals surface area contributed by atoms with Gasteiger partial charge in [-0.25, -0.2) is 0 Å². The van der Waals surface area contributed by atoms with Crippen LogP contribution in [0.2, 0.25) is 0 Å². The molecule has 0 aromatic heterocycles. The van der Waals surface area contributed by atoms with Gasteiger partial charge in [0.05, 0.1) is 17.2 Å². The highest BCUT2D eigenvalue weighted by Crippen LogP contribution is 2.26. The summed E-state index contributed by atoms with van der Waals surface area (Å²) in [7, 11) is 0. The highest BCUT2D eigenvalue weighted by atomic mass is 19.4. The van der Waals surface area contributed by atoms with Crippen molar-refractivity contribution in [1.29, 1.82) is 0 Å². The molecule has 162 valence electrons. The number of benzene rings is 2. The quantitative estimate of drug-likeness (QED) is 0.393. The summed E-state index contributed by atoms with van der Waals surface area (Å²) in [5.41, 5.74) is -0.352. The maximum Gasteiger partial charge on any atom is 0.406 e. The molecule has 3 rings (SSSR count). The van der Waals surface area contributed by atoms with Gasteiger partial charge in [0.25, 0.3) is 11.6 Å². The molecule has 3 amide bonds. The van der Waals surface area contributed by atoms with Crippen molar-refractivity contribution < 1.29 is 32.5 Å². The number of amides is 3. The van der Waals surface area contributed by atoms with Crippen LogP contribution in [0.15, 0.2) is 48.5 Å². The van der Waals surface area contributed by atoms with E-state index in [2.05, 4.69) is 0 Å². The van der Waals surface area contributed by atoms with Crippen LogP contribution in [0.4, 0.5) is 24.5 Å². The van der Waals surface area contributed by atoms with Gasteiger partial charge in [0.1, 0.15) is 6.54 Å². The maximum absolute atomic E-state index is 13.1. The van der Waals surface area contributed by atoms with E-state index in [-0.39, 0.29) is 29.7 Å². The molecular weight excluding hydrogens is 419 g/mol. The zero-order valence-corrected chi connectivity index (χ0v) is 16.0. The standard InChI is InChI=1S/C20H16F3N3O5/c21-20(22,23)12-24(11-14-3-1-2-4-16(14)26(30)31)19(29)13-5-7-15(8-6-13)25-17(27)9-10-18(25)28/h1-8H,9-12H2. The van der Waals surface area contributed by atoms with Crippen LogP contribution >= 0.6 is 0 Å². The molecule has 2 aromatic rings. The molecule has 0 N–H and O–H groups in total. The van der Waals surface area contributed by atoms with Crippen LogP contribution in [0.1, 0.15) is 28.8 Å². The number of nitro benzene ring substituents is 1. The molecule has 2 aromatic carbocycles. The molecule has 0 aliphatic carbocycles. The third-order valence-electron chi connectivity index (χ3n) is 4.63. The van der Waals surface area contributed by atoms with Crippen molar-refractivity contribution in [2.24, 2.45) is 0 Å². The molecule has 0 saturated carbocycles. The summed E-state index contributed by atoms with van der Waals surface area (Å²) in [5, 5.41) is 11.2. The topological polar surface area (TPSA) is 101 Å². The molecule has 1 heterocycles. The Balaban J connectivity index is 1.88. The van der Waals surface area contributed by atoms with Gasteiger partial charge in [-0.15, -0.1) is 0 Å². The Labute approximate surface area is 174 Å². The Hall–Kier alpha value is -3.76. The summed E-state index contributed by atoms with van der Waals surface area (Å²) in [6, 6.07) is 10.2. The minimum absolute atomic E-state index is 0.0463. The van der Waals surface area contributed by atoms with E-state index < -0.39 is 47.6 Å². The first-order valence-electron chi connectivity index (χ1n) is 9.11. The van der Waals surface area contributed by atoms with Gasteiger partial charge in [0.2, 0.25) is 11.8 Å². The van der Waals surface area contributed by atoms with Gasteiger partial charge in [-0.1, -0.05) is 18.2 Å². The maximum atomic E-state index is 13.1. The van der Waals surface area contributed by atoms with Crippen molar-refractivity contribution in [1.82, 2.24) is 4.90 Å². The van der Waals surface area contributed by atoms with E-state index in [1.54, 1.807) is 0 Å². The fraction of sp³-hybridized carbons (Fsp3) is 0.250. The van der Waals surface area contributed by atoms with Gasteiger partial charge < -0.3 is 4.90 Å². The molecule has 31 heavy (non-hydrogen) atoms. The number of halogens is 3. The second kappa shape index (κ2) is 8.54. The fourth-order valence-electron chi connectivity index (χ4n) is 3.24. The van der Waals surface area contributed by atoms with Crippen LogP contribution in [0.25, 0.3) is 0 Å². The predicted octanol–water partition coefficient (Wildman–Crippen LogP) is 3.45. The molecular formula is C20H16F3N3O5. The number of para-hydroxylation sites is 1. The Morgan fingerprint density at radius 2 is 1.61 bits per heavy atom. The van der Waals surface area contributed by atoms with Crippen LogP contribution < -0.4 is 4.90 Å². The number of carbonyl (C=O) groups excluding carboxylic acids is 3. The van der Waals surface area contributed by atoms with Crippen molar-refractivity contribution in [2.45, 2.75) is 25.6 Å². The number of hydrogen-bond acceptors (Lipinski definition) is 5. The minimum Gasteiger partial charge on any atom is -0.325 e. The lowest BCUT2D eigenvalue weighted by atomic mass is 10.1. The number of hydrogen-bond donors (Lipinski definition) is 0. The Bertz CT molecular complexity index is 1020. The van der Waals surface area contributed by atoms with Gasteiger partial charge in [-0.2, -0.15) is 13.2 Å². The largest absolute Gasteiger partial charge is 0.406 e. The highest BCUT2D eigenvalue weighted by Gasteiger charge is 2.35. The molecule has 11 heteroatoms. The third kappa shape index (κ3) is 5.05. The number of anilines is 1. The lowest BCUT2D eigenvalue weighted by Gasteiger charge is -2.24. The van der Waals surface area contributed by atoms with E-state index in [0.29, 0.717) is 4.90 Å². The number of alkyl halides is 3. The smallest absolute Gasteiger partial charge is 0.325 e. The average Bonchev–Trinajstić information content (AvgIpc) is 3.04. The van der Waals surface area contributed by atoms with Crippen molar-refractivity contribution in [3.05, 3.63) is 69.8 Å². The number of rotatable bonds is 6. The van der Waals surface area contributed by atoms with Crippen molar-refractivity contribution in [2.75, 3.05) is 11.4 Å². The molecule has 1 aliphatic rings. The average molecular weight is 435 g/mol. The van der Waals surface area contributed by atoms with Crippen molar-refractivity contribution >= 4 is 29.1 Å². The van der Waals surface area contributed by atoms with Gasteiger partial charge in [-0.05, 0) is 24.3 Å². The molecule has 1 fully saturated rings. The minimum atomic E-state index is -4.73. The number of nitro groups is 1. The summed E-state index contributed by atoms with van der Waals surface area (Å²) in [6.07, 6.45) is -4.60. The monoisotopic (exact) mass is 435 g/mol. The van der Waals surface area contributed by atoms with Crippen LogP contribution in [0, 0.1) is 10.1 Å². The van der Waals surface area contributed by atoms with E-state index in [4.69, 9.17) is 0 Å². The van der Waals surface area contributed by atoms with Gasteiger partial charge in [-0.3, -0.25) is 29.4 Å². The SMILES string of the molecule is O=C(c1ccc(N2C(=O)CCC2=O)cc1)N(Cc1ccccc1[N+](=O)[O-])CC(F)(F)F. The number of carbonyl (C=O) groups is 3. The van der Waals surface area contributed by atoms with Crippen LogP contribution in [0.3, 0.4) is 0 Å². The van der Waals surface area contributed by atoms with Crippen molar-refractivity contribution in [3.63, 3.8) is 0 Å². The van der Waals surface area contributed by atoms with E-state index in [9.17, 15) is 37.7 Å². The molecule has 8 nitrogen and oxygen atoms in total. The second-order valence-corrected chi connectivity index (χ2v) is 6.83. The van der Waals surface area contributed by atoms with Crippen LogP contribution in [0.5, 0.6) is 0 Å². The van der Waals surface area contributed by atoms with Gasteiger partial charge in [0, 0.05) is 30.0 Å². The highest BCUT2D eigenvalue weighted by molar-refractivity contribution is 6.19. The zero-order valence-electron chi connectivity index (χ0n) is 16.0. The third-order valence-corrected chi connectivity index (χ3v) is 4.63. The Kier molecular flexibility index (Phi) is 6.04. The molecule has 1 aliphatic heterocycles. The molecule has 0 atom stereocenters. The number of nitrogens with zero attached hydrogens (tertiary/aromatic N) is 3. The van der Waals surface area contributed by atoms with E-state index >= 15 is 0 Å². The molecule has 0 unspecified atom stereocenters. The van der Waals surface area contributed by atoms with Crippen molar-refractivity contribution in [3.8, 4) is 0 Å². The number of imide groups is 1. The van der Waals surface area contributed by atoms with Crippen LogP contribution in [-0.2, 0) is 16.1 Å². The van der Waals surface area contributed by atoms with Crippen LogP contribution in [-0.4, -0.2) is 40.3 Å².